The number of carbonyl (C=O) groups is 1. The molecule has 1 fully saturated rings. The maximum Gasteiger partial charge on any atom is 0.515 e. The number of carbonyl (C=O) groups excluding carboxylic acids is 1. The van der Waals surface area contributed by atoms with E-state index in [9.17, 15) is 4.79 Å². The van der Waals surface area contributed by atoms with E-state index in [1.54, 1.807) is 0 Å². The fraction of sp³-hybridized carbons (Fsp3) is 0.727. The highest BCUT2D eigenvalue weighted by atomic mass is 16.8. The number of nitrogens with one attached hydrogen (secondary N) is 2. The van der Waals surface area contributed by atoms with E-state index in [-0.39, 0.29) is 5.54 Å². The highest BCUT2D eigenvalue weighted by Crippen LogP contribution is 2.31. The van der Waals surface area contributed by atoms with Gasteiger partial charge in [0.25, 0.3) is 0 Å². The molecule has 1 atom stereocenters. The molecule has 1 spiro atoms. The second kappa shape index (κ2) is 5.03. The molecule has 2 aliphatic rings. The molecule has 0 amide bonds. The first-order valence-corrected chi connectivity index (χ1v) is 5.85. The molecule has 2 rings (SSSR count). The third kappa shape index (κ3) is 2.77. The van der Waals surface area contributed by atoms with Gasteiger partial charge in [0.05, 0.1) is 5.54 Å². The fourth-order valence-corrected chi connectivity index (χ4v) is 2.29. The summed E-state index contributed by atoms with van der Waals surface area (Å²) in [5.41, 5.74) is -0.247. The Labute approximate surface area is 100.0 Å². The van der Waals surface area contributed by atoms with E-state index in [1.807, 2.05) is 6.08 Å². The number of rotatable bonds is 2. The van der Waals surface area contributed by atoms with Gasteiger partial charge in [0.15, 0.2) is 0 Å². The van der Waals surface area contributed by atoms with Crippen LogP contribution in [0.4, 0.5) is 4.79 Å². The second-order valence-corrected chi connectivity index (χ2v) is 4.35. The summed E-state index contributed by atoms with van der Waals surface area (Å²) in [5, 5.41) is 15.5. The van der Waals surface area contributed by atoms with E-state index in [0.717, 1.165) is 25.9 Å². The Morgan fingerprint density at radius 3 is 2.88 bits per heavy atom. The first-order valence-electron chi connectivity index (χ1n) is 5.85. The van der Waals surface area contributed by atoms with Gasteiger partial charge in [-0.05, 0) is 38.9 Å². The van der Waals surface area contributed by atoms with Crippen molar-refractivity contribution in [1.29, 1.82) is 0 Å². The van der Waals surface area contributed by atoms with Crippen molar-refractivity contribution in [3.63, 3.8) is 0 Å². The van der Waals surface area contributed by atoms with Crippen LogP contribution in [0.2, 0.25) is 0 Å². The predicted molar refractivity (Wildman–Crippen MR) is 60.2 cm³/mol. The predicted octanol–water partition coefficient (Wildman–Crippen LogP) is 0.0872. The van der Waals surface area contributed by atoms with Gasteiger partial charge in [-0.2, -0.15) is 0 Å². The first kappa shape index (κ1) is 12.3. The van der Waals surface area contributed by atoms with E-state index in [2.05, 4.69) is 15.4 Å². The van der Waals surface area contributed by atoms with E-state index in [4.69, 9.17) is 9.84 Å². The van der Waals surface area contributed by atoms with Crippen molar-refractivity contribution in [1.82, 2.24) is 10.6 Å². The Morgan fingerprint density at radius 2 is 2.24 bits per heavy atom. The number of piperidine rings is 1. The zero-order valence-corrected chi connectivity index (χ0v) is 9.86. The normalized spacial score (nSPS) is 24.2. The topological polar surface area (TPSA) is 79.8 Å². The number of aliphatic hydroxyl groups is 1. The van der Waals surface area contributed by atoms with Gasteiger partial charge >= 0.3 is 6.16 Å². The van der Waals surface area contributed by atoms with Gasteiger partial charge in [-0.15, -0.1) is 0 Å². The highest BCUT2D eigenvalue weighted by molar-refractivity contribution is 5.62. The summed E-state index contributed by atoms with van der Waals surface area (Å²) < 4.78 is 9.72. The minimum atomic E-state index is -1.15. The van der Waals surface area contributed by atoms with Crippen molar-refractivity contribution in [2.75, 3.05) is 19.6 Å². The zero-order valence-electron chi connectivity index (χ0n) is 9.86. The van der Waals surface area contributed by atoms with Gasteiger partial charge in [-0.1, -0.05) is 0 Å². The molecule has 0 saturated carbocycles. The number of ether oxygens (including phenoxy) is 2. The van der Waals surface area contributed by atoms with Crippen molar-refractivity contribution in [3.8, 4) is 0 Å². The molecule has 0 aliphatic carbocycles. The maximum absolute atomic E-state index is 11.3. The number of aliphatic hydroxyl groups excluding tert-OH is 1. The third-order valence-corrected chi connectivity index (χ3v) is 3.12. The minimum absolute atomic E-state index is 0.247. The standard InChI is InChI=1S/C11H18N2O4/c1-8(14)16-10(15)17-9-2-5-13-11(9)3-6-12-7-4-11/h2,8,12-14H,3-7H2,1H3. The molecule has 0 radical (unpaired) electrons. The largest absolute Gasteiger partial charge is 0.515 e. The SMILES string of the molecule is CC(O)OC(=O)OC1=CCNC12CCNCC2. The lowest BCUT2D eigenvalue weighted by atomic mass is 9.88. The van der Waals surface area contributed by atoms with E-state index in [0.29, 0.717) is 12.3 Å². The van der Waals surface area contributed by atoms with Crippen LogP contribution in [0.3, 0.4) is 0 Å². The van der Waals surface area contributed by atoms with Gasteiger partial charge in [-0.3, -0.25) is 0 Å². The van der Waals surface area contributed by atoms with Gasteiger partial charge in [0.2, 0.25) is 6.29 Å². The summed E-state index contributed by atoms with van der Waals surface area (Å²) in [5.74, 6) is 0.615. The van der Waals surface area contributed by atoms with Crippen LogP contribution in [-0.2, 0) is 9.47 Å². The summed E-state index contributed by atoms with van der Waals surface area (Å²) in [6.45, 7) is 3.83. The van der Waals surface area contributed by atoms with Crippen molar-refractivity contribution >= 4 is 6.16 Å². The smallest absolute Gasteiger partial charge is 0.405 e. The molecule has 2 aliphatic heterocycles. The molecule has 6 nitrogen and oxygen atoms in total. The molecular formula is C11H18N2O4. The summed E-state index contributed by atoms with van der Waals surface area (Å²) in [4.78, 5) is 11.3. The Balaban J connectivity index is 1.97. The molecule has 2 heterocycles. The van der Waals surface area contributed by atoms with Crippen LogP contribution in [0.25, 0.3) is 0 Å². The van der Waals surface area contributed by atoms with Gasteiger partial charge < -0.3 is 25.2 Å². The fourth-order valence-electron chi connectivity index (χ4n) is 2.29. The van der Waals surface area contributed by atoms with E-state index < -0.39 is 12.4 Å². The summed E-state index contributed by atoms with van der Waals surface area (Å²) in [7, 11) is 0. The Morgan fingerprint density at radius 1 is 1.53 bits per heavy atom. The van der Waals surface area contributed by atoms with Gasteiger partial charge in [-0.25, -0.2) is 4.79 Å². The maximum atomic E-state index is 11.3. The third-order valence-electron chi connectivity index (χ3n) is 3.12. The highest BCUT2D eigenvalue weighted by Gasteiger charge is 2.41. The molecule has 0 aromatic carbocycles. The monoisotopic (exact) mass is 242 g/mol. The molecular weight excluding hydrogens is 224 g/mol. The molecule has 96 valence electrons. The molecule has 0 bridgehead atoms. The summed E-state index contributed by atoms with van der Waals surface area (Å²) in [6.07, 6.45) is 1.60. The average molecular weight is 242 g/mol. The van der Waals surface area contributed by atoms with Crippen LogP contribution < -0.4 is 10.6 Å². The molecule has 3 N–H and O–H groups in total. The minimum Gasteiger partial charge on any atom is -0.405 e. The lowest BCUT2D eigenvalue weighted by molar-refractivity contribution is -0.0640. The number of hydrogen-bond acceptors (Lipinski definition) is 6. The molecule has 1 unspecified atom stereocenters. The van der Waals surface area contributed by atoms with Gasteiger partial charge in [0, 0.05) is 6.54 Å². The molecule has 17 heavy (non-hydrogen) atoms. The molecule has 0 aromatic heterocycles. The lowest BCUT2D eigenvalue weighted by Gasteiger charge is -2.35. The second-order valence-electron chi connectivity index (χ2n) is 4.35. The molecule has 1 saturated heterocycles. The Kier molecular flexibility index (Phi) is 3.66. The van der Waals surface area contributed by atoms with Crippen LogP contribution >= 0.6 is 0 Å². The zero-order chi connectivity index (χ0) is 12.3. The summed E-state index contributed by atoms with van der Waals surface area (Å²) in [6, 6.07) is 0. The van der Waals surface area contributed by atoms with Gasteiger partial charge in [0.1, 0.15) is 5.76 Å². The molecule has 6 heteroatoms. The average Bonchev–Trinajstić information content (AvgIpc) is 2.61. The summed E-state index contributed by atoms with van der Waals surface area (Å²) >= 11 is 0. The van der Waals surface area contributed by atoms with Crippen molar-refractivity contribution in [3.05, 3.63) is 11.8 Å². The van der Waals surface area contributed by atoms with Crippen LogP contribution in [-0.4, -0.2) is 42.7 Å². The van der Waals surface area contributed by atoms with E-state index >= 15 is 0 Å². The van der Waals surface area contributed by atoms with Crippen LogP contribution in [0.1, 0.15) is 19.8 Å². The van der Waals surface area contributed by atoms with E-state index in [1.165, 1.54) is 6.92 Å². The Hall–Kier alpha value is -1.11. The van der Waals surface area contributed by atoms with Crippen molar-refractivity contribution in [2.45, 2.75) is 31.6 Å². The van der Waals surface area contributed by atoms with Crippen LogP contribution in [0, 0.1) is 0 Å². The lowest BCUT2D eigenvalue weighted by Crippen LogP contribution is -2.51. The van der Waals surface area contributed by atoms with Crippen molar-refractivity contribution < 1.29 is 19.4 Å². The van der Waals surface area contributed by atoms with Crippen LogP contribution in [0.5, 0.6) is 0 Å². The first-order chi connectivity index (χ1) is 8.12. The quantitative estimate of drug-likeness (QED) is 0.470. The molecule has 0 aromatic rings. The number of hydrogen-bond donors (Lipinski definition) is 3. The van der Waals surface area contributed by atoms with Crippen LogP contribution in [0.15, 0.2) is 11.8 Å². The van der Waals surface area contributed by atoms with Crippen molar-refractivity contribution in [2.24, 2.45) is 0 Å². The Bertz CT molecular complexity index is 321.